The molecule has 0 saturated carbocycles. The fraction of sp³-hybridized carbons (Fsp3) is 0.308. The lowest BCUT2D eigenvalue weighted by atomic mass is 10.0. The van der Waals surface area contributed by atoms with Gasteiger partial charge in [-0.3, -0.25) is 0 Å². The van der Waals surface area contributed by atoms with Gasteiger partial charge in [0.05, 0.1) is 5.01 Å². The molecule has 0 aliphatic rings. The molecule has 1 atom stereocenters. The second-order valence-electron chi connectivity index (χ2n) is 3.95. The van der Waals surface area contributed by atoms with Crippen molar-refractivity contribution in [3.8, 4) is 0 Å². The smallest absolute Gasteiger partial charge is 0.0940 e. The number of nitrogens with zero attached hydrogens (tertiary/aromatic N) is 1. The number of thiazole rings is 1. The predicted molar refractivity (Wildman–Crippen MR) is 73.8 cm³/mol. The van der Waals surface area contributed by atoms with Gasteiger partial charge in [0, 0.05) is 29.1 Å². The van der Waals surface area contributed by atoms with Gasteiger partial charge in [-0.15, -0.1) is 11.3 Å². The van der Waals surface area contributed by atoms with E-state index in [0.29, 0.717) is 6.04 Å². The van der Waals surface area contributed by atoms with Crippen LogP contribution < -0.4 is 5.32 Å². The summed E-state index contributed by atoms with van der Waals surface area (Å²) in [5, 5.41) is 7.32. The van der Waals surface area contributed by atoms with Gasteiger partial charge in [0.2, 0.25) is 0 Å². The molecule has 4 heteroatoms. The molecular weight excluding hydrogens is 252 g/mol. The Labute approximate surface area is 111 Å². The Morgan fingerprint density at radius 2 is 2.06 bits per heavy atom. The zero-order valence-corrected chi connectivity index (χ0v) is 11.3. The Morgan fingerprint density at radius 1 is 1.29 bits per heavy atom. The van der Waals surface area contributed by atoms with Crippen LogP contribution in [0.25, 0.3) is 0 Å². The van der Waals surface area contributed by atoms with Crippen molar-refractivity contribution in [3.63, 3.8) is 0 Å². The topological polar surface area (TPSA) is 24.9 Å². The highest BCUT2D eigenvalue weighted by Crippen LogP contribution is 2.14. The lowest BCUT2D eigenvalue weighted by Crippen LogP contribution is -2.29. The first-order valence-corrected chi connectivity index (χ1v) is 6.84. The van der Waals surface area contributed by atoms with Crippen LogP contribution in [0.5, 0.6) is 0 Å². The van der Waals surface area contributed by atoms with Crippen LogP contribution in [-0.4, -0.2) is 18.1 Å². The third kappa shape index (κ3) is 3.80. The number of hydrogen-bond donors (Lipinski definition) is 1. The maximum absolute atomic E-state index is 5.87. The van der Waals surface area contributed by atoms with E-state index >= 15 is 0 Å². The molecule has 0 aliphatic carbocycles. The summed E-state index contributed by atoms with van der Waals surface area (Å²) in [6, 6.07) is 8.45. The zero-order valence-electron chi connectivity index (χ0n) is 9.69. The quantitative estimate of drug-likeness (QED) is 0.899. The minimum atomic E-state index is 0.419. The fourth-order valence-electron chi connectivity index (χ4n) is 1.75. The average Bonchev–Trinajstić information content (AvgIpc) is 2.84. The Kier molecular flexibility index (Phi) is 4.54. The van der Waals surface area contributed by atoms with Crippen LogP contribution in [0.15, 0.2) is 35.8 Å². The Hall–Kier alpha value is -0.900. The van der Waals surface area contributed by atoms with Crippen molar-refractivity contribution in [1.82, 2.24) is 10.3 Å². The van der Waals surface area contributed by atoms with Crippen molar-refractivity contribution in [1.29, 1.82) is 0 Å². The van der Waals surface area contributed by atoms with Crippen LogP contribution in [0.3, 0.4) is 0 Å². The zero-order chi connectivity index (χ0) is 12.1. The van der Waals surface area contributed by atoms with E-state index in [4.69, 9.17) is 11.6 Å². The van der Waals surface area contributed by atoms with Gasteiger partial charge in [-0.2, -0.15) is 0 Å². The summed E-state index contributed by atoms with van der Waals surface area (Å²) < 4.78 is 0. The molecule has 0 fully saturated rings. The molecule has 90 valence electrons. The summed E-state index contributed by atoms with van der Waals surface area (Å²) in [6.07, 6.45) is 3.82. The lowest BCUT2D eigenvalue weighted by molar-refractivity contribution is 0.555. The molecule has 2 nitrogen and oxygen atoms in total. The number of aromatic nitrogens is 1. The van der Waals surface area contributed by atoms with Gasteiger partial charge in [0.25, 0.3) is 0 Å². The third-order valence-electron chi connectivity index (χ3n) is 2.71. The van der Waals surface area contributed by atoms with E-state index in [1.807, 2.05) is 30.8 Å². The Balaban J connectivity index is 1.97. The van der Waals surface area contributed by atoms with Crippen molar-refractivity contribution in [3.05, 3.63) is 51.4 Å². The first-order chi connectivity index (χ1) is 8.28. The van der Waals surface area contributed by atoms with Gasteiger partial charge in [-0.05, 0) is 31.2 Å². The summed E-state index contributed by atoms with van der Waals surface area (Å²) in [4.78, 5) is 4.32. The second kappa shape index (κ2) is 6.15. The number of halogens is 1. The number of rotatable bonds is 5. The van der Waals surface area contributed by atoms with Gasteiger partial charge >= 0.3 is 0 Å². The highest BCUT2D eigenvalue weighted by molar-refractivity contribution is 7.09. The molecule has 0 radical (unpaired) electrons. The van der Waals surface area contributed by atoms with Crippen LogP contribution in [-0.2, 0) is 12.8 Å². The average molecular weight is 267 g/mol. The number of benzene rings is 1. The van der Waals surface area contributed by atoms with E-state index in [2.05, 4.69) is 22.4 Å². The minimum Gasteiger partial charge on any atom is -0.316 e. The standard InChI is InChI=1S/C13H15ClN2S/c1-15-12(9-13-16-6-7-17-13)8-10-2-4-11(14)5-3-10/h2-7,12,15H,8-9H2,1H3. The first-order valence-electron chi connectivity index (χ1n) is 5.58. The second-order valence-corrected chi connectivity index (χ2v) is 5.36. The van der Waals surface area contributed by atoms with Crippen molar-refractivity contribution >= 4 is 22.9 Å². The van der Waals surface area contributed by atoms with E-state index in [-0.39, 0.29) is 0 Å². The number of hydrogen-bond acceptors (Lipinski definition) is 3. The SMILES string of the molecule is CNC(Cc1ccc(Cl)cc1)Cc1nccs1. The summed E-state index contributed by atoms with van der Waals surface area (Å²) in [5.41, 5.74) is 1.30. The van der Waals surface area contributed by atoms with Gasteiger partial charge in [0.1, 0.15) is 0 Å². The van der Waals surface area contributed by atoms with Crippen molar-refractivity contribution in [2.75, 3.05) is 7.05 Å². The third-order valence-corrected chi connectivity index (χ3v) is 3.76. The summed E-state index contributed by atoms with van der Waals surface area (Å²) in [6.45, 7) is 0. The lowest BCUT2D eigenvalue weighted by Gasteiger charge is -2.14. The van der Waals surface area contributed by atoms with E-state index in [9.17, 15) is 0 Å². The van der Waals surface area contributed by atoms with Crippen molar-refractivity contribution in [2.45, 2.75) is 18.9 Å². The maximum Gasteiger partial charge on any atom is 0.0940 e. The molecule has 0 bridgehead atoms. The van der Waals surface area contributed by atoms with Crippen LogP contribution in [0.4, 0.5) is 0 Å². The fourth-order valence-corrected chi connectivity index (χ4v) is 2.57. The van der Waals surface area contributed by atoms with E-state index in [1.165, 1.54) is 10.6 Å². The summed E-state index contributed by atoms with van der Waals surface area (Å²) in [7, 11) is 1.99. The maximum atomic E-state index is 5.87. The normalized spacial score (nSPS) is 12.6. The molecule has 0 saturated heterocycles. The Bertz CT molecular complexity index is 439. The molecule has 1 heterocycles. The molecule has 1 unspecified atom stereocenters. The number of likely N-dealkylation sites (N-methyl/N-ethyl adjacent to an activating group) is 1. The first kappa shape index (κ1) is 12.6. The van der Waals surface area contributed by atoms with Gasteiger partial charge in [-0.25, -0.2) is 4.98 Å². The van der Waals surface area contributed by atoms with E-state index in [0.717, 1.165) is 17.9 Å². The van der Waals surface area contributed by atoms with Crippen molar-refractivity contribution in [2.24, 2.45) is 0 Å². The molecule has 1 N–H and O–H groups in total. The van der Waals surface area contributed by atoms with Crippen molar-refractivity contribution < 1.29 is 0 Å². The summed E-state index contributed by atoms with van der Waals surface area (Å²) >= 11 is 7.58. The van der Waals surface area contributed by atoms with Gasteiger partial charge < -0.3 is 5.32 Å². The van der Waals surface area contributed by atoms with Crippen LogP contribution in [0.2, 0.25) is 5.02 Å². The van der Waals surface area contributed by atoms with Crippen LogP contribution in [0.1, 0.15) is 10.6 Å². The summed E-state index contributed by atoms with van der Waals surface area (Å²) in [5.74, 6) is 0. The van der Waals surface area contributed by atoms with Crippen LogP contribution in [0, 0.1) is 0 Å². The van der Waals surface area contributed by atoms with E-state index in [1.54, 1.807) is 11.3 Å². The predicted octanol–water partition coefficient (Wildman–Crippen LogP) is 3.17. The highest BCUT2D eigenvalue weighted by Gasteiger charge is 2.09. The molecule has 0 spiro atoms. The highest BCUT2D eigenvalue weighted by atomic mass is 35.5. The molecule has 1 aromatic heterocycles. The van der Waals surface area contributed by atoms with Crippen LogP contribution >= 0.6 is 22.9 Å². The number of nitrogens with one attached hydrogen (secondary N) is 1. The Morgan fingerprint density at radius 3 is 2.65 bits per heavy atom. The minimum absolute atomic E-state index is 0.419. The molecular formula is C13H15ClN2S. The monoisotopic (exact) mass is 266 g/mol. The largest absolute Gasteiger partial charge is 0.316 e. The molecule has 2 aromatic rings. The van der Waals surface area contributed by atoms with Gasteiger partial charge in [-0.1, -0.05) is 23.7 Å². The molecule has 17 heavy (non-hydrogen) atoms. The molecule has 0 aliphatic heterocycles. The van der Waals surface area contributed by atoms with Gasteiger partial charge in [0.15, 0.2) is 0 Å². The molecule has 2 rings (SSSR count). The van der Waals surface area contributed by atoms with E-state index < -0.39 is 0 Å². The molecule has 0 amide bonds. The molecule has 1 aromatic carbocycles.